The van der Waals surface area contributed by atoms with Gasteiger partial charge in [0.05, 0.1) is 5.52 Å². The summed E-state index contributed by atoms with van der Waals surface area (Å²) in [6, 6.07) is 10.4. The largest absolute Gasteiger partial charge is 0.573 e. The number of rotatable bonds is 4. The fourth-order valence-corrected chi connectivity index (χ4v) is 4.81. The van der Waals surface area contributed by atoms with Gasteiger partial charge >= 0.3 is 12.5 Å². The van der Waals surface area contributed by atoms with E-state index >= 15 is 0 Å². The second-order valence-electron chi connectivity index (χ2n) is 9.21. The molecule has 12 heteroatoms. The number of halogens is 3. The van der Waals surface area contributed by atoms with Crippen LogP contribution in [0.1, 0.15) is 22.8 Å². The van der Waals surface area contributed by atoms with Crippen molar-refractivity contribution < 1.29 is 32.2 Å². The number of carbonyl (C=O) groups excluding carboxylic acids is 2. The third kappa shape index (κ3) is 4.73. The van der Waals surface area contributed by atoms with Gasteiger partial charge in [-0.2, -0.15) is 0 Å². The number of alkyl halides is 3. The summed E-state index contributed by atoms with van der Waals surface area (Å²) in [4.78, 5) is 29.1. The first-order chi connectivity index (χ1) is 16.6. The molecule has 0 saturated carbocycles. The van der Waals surface area contributed by atoms with E-state index in [2.05, 4.69) is 27.1 Å². The molecule has 0 aliphatic carbocycles. The molecule has 0 spiro atoms. The standard InChI is InChI=1S/C23H22F3N5O4/c1-22-12-30(20(32)15-4-7-18-19(8-15)28-29-27-18)9-16(22)10-31(13-22)21(33)34-11-14-2-5-17(6-3-14)35-23(24,25)26/h2-8,16H,9-13H2,1H3,(H,27,28,29)/t16-,22-/m0/s1. The van der Waals surface area contributed by atoms with E-state index in [9.17, 15) is 22.8 Å². The number of amides is 2. The Morgan fingerprint density at radius 3 is 2.54 bits per heavy atom. The predicted molar refractivity (Wildman–Crippen MR) is 116 cm³/mol. The van der Waals surface area contributed by atoms with Crippen molar-refractivity contribution in [3.8, 4) is 5.75 Å². The molecule has 3 heterocycles. The van der Waals surface area contributed by atoms with E-state index < -0.39 is 12.5 Å². The summed E-state index contributed by atoms with van der Waals surface area (Å²) in [5.74, 6) is -0.320. The number of fused-ring (bicyclic) bond motifs is 2. The highest BCUT2D eigenvalue weighted by Crippen LogP contribution is 2.42. The normalized spacial score (nSPS) is 21.9. The van der Waals surface area contributed by atoms with Crippen molar-refractivity contribution in [3.05, 3.63) is 53.6 Å². The molecule has 2 aliphatic heterocycles. The number of likely N-dealkylation sites (tertiary alicyclic amines) is 2. The van der Waals surface area contributed by atoms with Crippen LogP contribution in [-0.2, 0) is 11.3 Å². The van der Waals surface area contributed by atoms with Crippen LogP contribution in [0.5, 0.6) is 5.75 Å². The summed E-state index contributed by atoms with van der Waals surface area (Å²) in [7, 11) is 0. The van der Waals surface area contributed by atoms with Gasteiger partial charge in [-0.1, -0.05) is 24.3 Å². The molecule has 1 N–H and O–H groups in total. The zero-order chi connectivity index (χ0) is 24.8. The number of nitrogens with one attached hydrogen (secondary N) is 1. The minimum absolute atomic E-state index is 0.0713. The van der Waals surface area contributed by atoms with E-state index in [1.54, 1.807) is 28.0 Å². The van der Waals surface area contributed by atoms with Crippen molar-refractivity contribution in [2.45, 2.75) is 19.9 Å². The first kappa shape index (κ1) is 22.9. The van der Waals surface area contributed by atoms with Crippen molar-refractivity contribution in [3.63, 3.8) is 0 Å². The molecule has 3 aromatic rings. The Labute approximate surface area is 197 Å². The van der Waals surface area contributed by atoms with Gasteiger partial charge in [0.25, 0.3) is 5.91 Å². The molecule has 2 amide bonds. The van der Waals surface area contributed by atoms with Crippen molar-refractivity contribution >= 4 is 23.0 Å². The topological polar surface area (TPSA) is 101 Å². The third-order valence-electron chi connectivity index (χ3n) is 6.61. The smallest absolute Gasteiger partial charge is 0.445 e. The number of ether oxygens (including phenoxy) is 2. The zero-order valence-electron chi connectivity index (χ0n) is 18.7. The highest BCUT2D eigenvalue weighted by atomic mass is 19.4. The molecule has 0 unspecified atom stereocenters. The number of H-pyrrole nitrogens is 1. The number of aromatic amines is 1. The molecule has 2 saturated heterocycles. The molecular weight excluding hydrogens is 467 g/mol. The summed E-state index contributed by atoms with van der Waals surface area (Å²) in [5, 5.41) is 10.5. The van der Waals surface area contributed by atoms with Crippen LogP contribution in [0.15, 0.2) is 42.5 Å². The lowest BCUT2D eigenvalue weighted by atomic mass is 9.83. The minimum Gasteiger partial charge on any atom is -0.445 e. The monoisotopic (exact) mass is 489 g/mol. The van der Waals surface area contributed by atoms with Crippen LogP contribution >= 0.6 is 0 Å². The lowest BCUT2D eigenvalue weighted by molar-refractivity contribution is -0.274. The van der Waals surface area contributed by atoms with Gasteiger partial charge in [-0.05, 0) is 35.9 Å². The first-order valence-electron chi connectivity index (χ1n) is 11.0. The van der Waals surface area contributed by atoms with Crippen molar-refractivity contribution in [1.82, 2.24) is 25.2 Å². The maximum absolute atomic E-state index is 13.1. The Bertz CT molecular complexity index is 1260. The van der Waals surface area contributed by atoms with Crippen LogP contribution in [0.2, 0.25) is 0 Å². The van der Waals surface area contributed by atoms with E-state index in [-0.39, 0.29) is 29.6 Å². The van der Waals surface area contributed by atoms with E-state index in [1.807, 2.05) is 0 Å². The number of carbonyl (C=O) groups is 2. The second kappa shape index (κ2) is 8.43. The van der Waals surface area contributed by atoms with Crippen LogP contribution in [-0.4, -0.2) is 69.8 Å². The van der Waals surface area contributed by atoms with Crippen LogP contribution < -0.4 is 4.74 Å². The van der Waals surface area contributed by atoms with Crippen molar-refractivity contribution in [2.24, 2.45) is 11.3 Å². The van der Waals surface area contributed by atoms with Gasteiger partial charge in [0.2, 0.25) is 0 Å². The quantitative estimate of drug-likeness (QED) is 0.601. The minimum atomic E-state index is -4.76. The predicted octanol–water partition coefficient (Wildman–Crippen LogP) is 3.59. The van der Waals surface area contributed by atoms with Gasteiger partial charge < -0.3 is 19.3 Å². The van der Waals surface area contributed by atoms with Crippen LogP contribution in [0.4, 0.5) is 18.0 Å². The third-order valence-corrected chi connectivity index (χ3v) is 6.61. The lowest BCUT2D eigenvalue weighted by Gasteiger charge is -2.25. The van der Waals surface area contributed by atoms with Gasteiger partial charge in [0.1, 0.15) is 17.9 Å². The molecule has 2 aromatic carbocycles. The maximum atomic E-state index is 13.1. The number of aromatic nitrogens is 3. The summed E-state index contributed by atoms with van der Waals surface area (Å²) in [6.07, 6.45) is -5.26. The van der Waals surface area contributed by atoms with E-state index in [4.69, 9.17) is 4.74 Å². The molecule has 0 bridgehead atoms. The van der Waals surface area contributed by atoms with E-state index in [1.165, 1.54) is 24.3 Å². The second-order valence-corrected chi connectivity index (χ2v) is 9.21. The molecule has 2 fully saturated rings. The summed E-state index contributed by atoms with van der Waals surface area (Å²) in [5.41, 5.74) is 2.20. The molecule has 0 radical (unpaired) electrons. The average molecular weight is 489 g/mol. The number of benzene rings is 2. The highest BCUT2D eigenvalue weighted by Gasteiger charge is 2.52. The van der Waals surface area contributed by atoms with Crippen molar-refractivity contribution in [1.29, 1.82) is 0 Å². The van der Waals surface area contributed by atoms with Crippen LogP contribution in [0, 0.1) is 11.3 Å². The Balaban J connectivity index is 1.15. The van der Waals surface area contributed by atoms with Crippen LogP contribution in [0.25, 0.3) is 11.0 Å². The molecule has 2 atom stereocenters. The number of hydrogen-bond acceptors (Lipinski definition) is 6. The summed E-state index contributed by atoms with van der Waals surface area (Å²) >= 11 is 0. The Kier molecular flexibility index (Phi) is 5.53. The van der Waals surface area contributed by atoms with Gasteiger partial charge in [0, 0.05) is 43.1 Å². The Morgan fingerprint density at radius 2 is 1.83 bits per heavy atom. The molecule has 5 rings (SSSR count). The average Bonchev–Trinajstić information content (AvgIpc) is 3.48. The Hall–Kier alpha value is -3.83. The number of hydrogen-bond donors (Lipinski definition) is 1. The lowest BCUT2D eigenvalue weighted by Crippen LogP contribution is -2.38. The molecule has 9 nitrogen and oxygen atoms in total. The van der Waals surface area contributed by atoms with Gasteiger partial charge in [0.15, 0.2) is 0 Å². The zero-order valence-corrected chi connectivity index (χ0v) is 18.7. The summed E-state index contributed by atoms with van der Waals surface area (Å²) in [6.45, 7) is 3.92. The molecule has 184 valence electrons. The van der Waals surface area contributed by atoms with Gasteiger partial charge in [-0.15, -0.1) is 18.3 Å². The SMILES string of the molecule is C[C@]12CN(C(=O)OCc3ccc(OC(F)(F)F)cc3)C[C@@H]1CN(C(=O)c1ccc3[nH]nnc3c1)C2. The number of nitrogens with zero attached hydrogens (tertiary/aromatic N) is 4. The molecule has 2 aliphatic rings. The van der Waals surface area contributed by atoms with E-state index in [0.717, 1.165) is 5.52 Å². The van der Waals surface area contributed by atoms with Crippen LogP contribution in [0.3, 0.4) is 0 Å². The van der Waals surface area contributed by atoms with E-state index in [0.29, 0.717) is 42.8 Å². The molecule has 35 heavy (non-hydrogen) atoms. The highest BCUT2D eigenvalue weighted by molar-refractivity contribution is 5.97. The molecule has 1 aromatic heterocycles. The maximum Gasteiger partial charge on any atom is 0.573 e. The Morgan fingerprint density at radius 1 is 1.11 bits per heavy atom. The summed E-state index contributed by atoms with van der Waals surface area (Å²) < 4.78 is 46.0. The fraction of sp³-hybridized carbons (Fsp3) is 0.391. The first-order valence-corrected chi connectivity index (χ1v) is 11.0. The molecular formula is C23H22F3N5O4. The fourth-order valence-electron chi connectivity index (χ4n) is 4.81. The van der Waals surface area contributed by atoms with Crippen molar-refractivity contribution in [2.75, 3.05) is 26.2 Å². The van der Waals surface area contributed by atoms with Gasteiger partial charge in [-0.25, -0.2) is 4.79 Å². The van der Waals surface area contributed by atoms with Gasteiger partial charge in [-0.3, -0.25) is 9.89 Å².